The number of primary amides is 1. The number of carbonyl (C=O) groups excluding carboxylic acids is 11. The van der Waals surface area contributed by atoms with Crippen molar-refractivity contribution in [1.29, 1.82) is 5.41 Å². The van der Waals surface area contributed by atoms with Gasteiger partial charge < -0.3 is 85.5 Å². The van der Waals surface area contributed by atoms with E-state index in [9.17, 15) is 57.8 Å². The van der Waals surface area contributed by atoms with Crippen LogP contribution < -0.4 is 81.0 Å². The van der Waals surface area contributed by atoms with E-state index in [2.05, 4.69) is 63.8 Å². The standard InChI is InChI=1S/C63H110N16O13/c1-13-34(5)48(77-56(85)45(68-12)32-41-24-18-17-19-25-41)58(87)74-43(27-20-22-30-64)54(83)73-44(28-29-47(65)81)55(84)76-50(36(7)15-3)60(89)78-49(35(6)14-2)59(88)75-46(33-80)57(86)79-52-40(11)92-62(91)51(37(8)16-4)70-38(9)42(26-21-23-31-69-63(66)67)72-53(82)39(10)71-61(52)90/h17-19,24-25,34-40,42-46,48-52,68,70,80H,13-16,20-23,26-33,64H2,1-12H3,(H2,65,81)(H,71,90)(H,72,82)(H,73,83)(H,74,87)(H,75,88)(H,76,84)(H,77,85)(H,78,89)(H,79,86)(H4,66,67,69)/t34-,35-,36-,37-,38?,39-,40-,42-,43-,44+,45+,46-,48-,49-,50+,51-,52+/m0/s1. The van der Waals surface area contributed by atoms with Crippen LogP contribution in [0.5, 0.6) is 0 Å². The van der Waals surface area contributed by atoms with E-state index in [0.717, 1.165) is 5.56 Å². The number of nitrogens with one attached hydrogen (secondary N) is 13. The summed E-state index contributed by atoms with van der Waals surface area (Å²) in [5, 5.41) is 51.4. The Morgan fingerprint density at radius 3 is 1.65 bits per heavy atom. The molecule has 92 heavy (non-hydrogen) atoms. The number of likely N-dealkylation sites (N-methyl/N-ethyl adjacent to an activating group) is 1. The number of hydrogen-bond donors (Lipinski definition) is 17. The highest BCUT2D eigenvalue weighted by Crippen LogP contribution is 2.19. The molecular weight excluding hydrogens is 1190 g/mol. The van der Waals surface area contributed by atoms with Crippen LogP contribution in [0, 0.1) is 29.1 Å². The third kappa shape index (κ3) is 27.0. The number of ether oxygens (including phenoxy) is 1. The van der Waals surface area contributed by atoms with Gasteiger partial charge in [-0.1, -0.05) is 111 Å². The number of amides is 10. The number of unbranched alkanes of at least 4 members (excludes halogenated alkanes) is 2. The van der Waals surface area contributed by atoms with Gasteiger partial charge in [0.05, 0.1) is 12.6 Å². The number of aliphatic hydroxyl groups excluding tert-OH is 1. The van der Waals surface area contributed by atoms with Crippen LogP contribution >= 0.6 is 0 Å². The van der Waals surface area contributed by atoms with Crippen molar-refractivity contribution in [2.45, 2.75) is 238 Å². The summed E-state index contributed by atoms with van der Waals surface area (Å²) in [5.74, 6) is -10.9. The average Bonchev–Trinajstić information content (AvgIpc) is 2.09. The molecule has 520 valence electrons. The third-order valence-corrected chi connectivity index (χ3v) is 17.2. The molecule has 29 heteroatoms. The normalized spacial score (nSPS) is 21.5. The fourth-order valence-electron chi connectivity index (χ4n) is 10.2. The van der Waals surface area contributed by atoms with Gasteiger partial charge in [0.15, 0.2) is 5.96 Å². The lowest BCUT2D eigenvalue weighted by molar-refractivity contribution is -0.156. The van der Waals surface area contributed by atoms with Gasteiger partial charge in [0.2, 0.25) is 59.1 Å². The highest BCUT2D eigenvalue weighted by atomic mass is 16.5. The fraction of sp³-hybridized carbons (Fsp3) is 0.714. The summed E-state index contributed by atoms with van der Waals surface area (Å²) in [6, 6.07) is -4.60. The molecule has 29 nitrogen and oxygen atoms in total. The number of aliphatic hydroxyl groups is 1. The Morgan fingerprint density at radius 1 is 0.630 bits per heavy atom. The highest BCUT2D eigenvalue weighted by molar-refractivity contribution is 5.99. The number of carbonyl (C=O) groups is 11. The smallest absolute Gasteiger partial charge is 0.323 e. The molecule has 1 saturated heterocycles. The minimum Gasteiger partial charge on any atom is -0.459 e. The van der Waals surface area contributed by atoms with Crippen LogP contribution in [-0.2, 0) is 63.9 Å². The number of esters is 1. The summed E-state index contributed by atoms with van der Waals surface area (Å²) in [5.41, 5.74) is 17.7. The Bertz CT molecular complexity index is 2570. The van der Waals surface area contributed by atoms with E-state index in [4.69, 9.17) is 27.3 Å². The first-order valence-corrected chi connectivity index (χ1v) is 32.6. The van der Waals surface area contributed by atoms with Crippen LogP contribution in [0.2, 0.25) is 0 Å². The molecule has 1 aromatic carbocycles. The van der Waals surface area contributed by atoms with Crippen molar-refractivity contribution in [2.75, 3.05) is 26.7 Å². The number of nitrogens with two attached hydrogens (primary N) is 3. The van der Waals surface area contributed by atoms with Crippen LogP contribution in [0.4, 0.5) is 0 Å². The summed E-state index contributed by atoms with van der Waals surface area (Å²) < 4.78 is 5.89. The molecule has 1 fully saturated rings. The van der Waals surface area contributed by atoms with E-state index >= 15 is 0 Å². The molecule has 0 spiro atoms. The van der Waals surface area contributed by atoms with Gasteiger partial charge in [0, 0.05) is 25.0 Å². The number of rotatable bonds is 38. The Balaban J connectivity index is 2.45. The van der Waals surface area contributed by atoms with Gasteiger partial charge in [0.1, 0.15) is 60.5 Å². The van der Waals surface area contributed by atoms with Crippen LogP contribution in [-0.4, -0.2) is 181 Å². The predicted molar refractivity (Wildman–Crippen MR) is 348 cm³/mol. The summed E-state index contributed by atoms with van der Waals surface area (Å²) in [7, 11) is 1.63. The molecule has 0 saturated carbocycles. The van der Waals surface area contributed by atoms with Crippen LogP contribution in [0.3, 0.4) is 0 Å². The fourth-order valence-corrected chi connectivity index (χ4v) is 10.2. The molecule has 0 radical (unpaired) electrons. The molecule has 17 atom stereocenters. The van der Waals surface area contributed by atoms with E-state index < -0.39 is 168 Å². The molecule has 0 aliphatic carbocycles. The Hall–Kier alpha value is -7.50. The first kappa shape index (κ1) is 80.6. The van der Waals surface area contributed by atoms with Gasteiger partial charge >= 0.3 is 5.97 Å². The number of guanidine groups is 1. The Kier molecular flexibility index (Phi) is 36.7. The maximum absolute atomic E-state index is 14.5. The minimum absolute atomic E-state index is 0.0647. The van der Waals surface area contributed by atoms with Gasteiger partial charge in [-0.15, -0.1) is 0 Å². The number of cyclic esters (lactones) is 1. The van der Waals surface area contributed by atoms with E-state index in [1.54, 1.807) is 41.7 Å². The molecule has 10 amide bonds. The van der Waals surface area contributed by atoms with Gasteiger partial charge in [0.25, 0.3) is 0 Å². The molecule has 0 aromatic heterocycles. The summed E-state index contributed by atoms with van der Waals surface area (Å²) in [4.78, 5) is 154. The van der Waals surface area contributed by atoms with Crippen molar-refractivity contribution in [3.63, 3.8) is 0 Å². The first-order valence-electron chi connectivity index (χ1n) is 32.6. The van der Waals surface area contributed by atoms with Crippen LogP contribution in [0.15, 0.2) is 30.3 Å². The van der Waals surface area contributed by atoms with E-state index in [0.29, 0.717) is 64.3 Å². The van der Waals surface area contributed by atoms with Crippen molar-refractivity contribution in [3.05, 3.63) is 35.9 Å². The lowest BCUT2D eigenvalue weighted by Gasteiger charge is -2.32. The number of benzene rings is 1. The Labute approximate surface area is 542 Å². The lowest BCUT2D eigenvalue weighted by atomic mass is 9.94. The van der Waals surface area contributed by atoms with E-state index in [1.165, 1.54) is 13.8 Å². The van der Waals surface area contributed by atoms with Gasteiger partial charge in [-0.05, 0) is 115 Å². The lowest BCUT2D eigenvalue weighted by Crippen LogP contribution is -2.63. The zero-order valence-electron chi connectivity index (χ0n) is 56.1. The molecule has 1 aliphatic rings. The van der Waals surface area contributed by atoms with Crippen molar-refractivity contribution < 1.29 is 62.6 Å². The van der Waals surface area contributed by atoms with Crippen molar-refractivity contribution in [1.82, 2.24) is 63.8 Å². The monoisotopic (exact) mass is 1300 g/mol. The zero-order chi connectivity index (χ0) is 69.4. The predicted octanol–water partition coefficient (Wildman–Crippen LogP) is -1.28. The van der Waals surface area contributed by atoms with E-state index in [1.807, 2.05) is 58.0 Å². The summed E-state index contributed by atoms with van der Waals surface area (Å²) >= 11 is 0. The maximum atomic E-state index is 14.5. The zero-order valence-corrected chi connectivity index (χ0v) is 56.1. The SMILES string of the molecule is CC[C@H](C)[C@H](NC(=O)[C@@H](Cc1ccccc1)NC)C(=O)N[C@@H](CCCCN)C(=O)N[C@H](CCC(N)=O)C(=O)N[C@@H](C(=O)N[C@H](C(=O)N[C@@H](CO)C(=O)N[C@H]1C(=O)N[C@@H](C)C(=O)N[C@@H](CCCCNC(=N)N)C(C)N[C@@H]([C@@H](C)CC)C(=O)O[C@H]1C)[C@@H](C)CC)[C@@H](C)CC. The molecule has 1 aliphatic heterocycles. The molecule has 0 bridgehead atoms. The maximum Gasteiger partial charge on any atom is 0.323 e. The molecule has 1 aromatic rings. The summed E-state index contributed by atoms with van der Waals surface area (Å²) in [6.45, 7) is 18.4. The molecule has 20 N–H and O–H groups in total. The van der Waals surface area contributed by atoms with Crippen molar-refractivity contribution >= 4 is 71.0 Å². The Morgan fingerprint density at radius 2 is 1.14 bits per heavy atom. The molecule has 1 heterocycles. The van der Waals surface area contributed by atoms with Crippen LogP contribution in [0.1, 0.15) is 159 Å². The molecule has 1 unspecified atom stereocenters. The van der Waals surface area contributed by atoms with Gasteiger partial charge in [-0.2, -0.15) is 0 Å². The topological polar surface area (TPSA) is 463 Å². The minimum atomic E-state index is -1.77. The van der Waals surface area contributed by atoms with Crippen LogP contribution in [0.25, 0.3) is 0 Å². The first-order chi connectivity index (χ1) is 43.5. The second-order valence-electron chi connectivity index (χ2n) is 24.4. The second-order valence-corrected chi connectivity index (χ2v) is 24.4. The molecule has 2 rings (SSSR count). The largest absolute Gasteiger partial charge is 0.459 e. The van der Waals surface area contributed by atoms with E-state index in [-0.39, 0.29) is 44.1 Å². The molecular formula is C63H110N16O13. The number of hydrogen-bond acceptors (Lipinski definition) is 17. The average molecular weight is 1300 g/mol. The van der Waals surface area contributed by atoms with Crippen molar-refractivity contribution in [2.24, 2.45) is 40.9 Å². The third-order valence-electron chi connectivity index (χ3n) is 17.2. The summed E-state index contributed by atoms with van der Waals surface area (Å²) in [6.07, 6.45) is 2.39. The van der Waals surface area contributed by atoms with Gasteiger partial charge in [-0.25, -0.2) is 0 Å². The highest BCUT2D eigenvalue weighted by Gasteiger charge is 2.41. The second kappa shape index (κ2) is 41.9. The quantitative estimate of drug-likeness (QED) is 0.0159. The van der Waals surface area contributed by atoms with Crippen molar-refractivity contribution in [3.8, 4) is 0 Å². The van der Waals surface area contributed by atoms with Gasteiger partial charge in [-0.3, -0.25) is 63.5 Å².